The van der Waals surface area contributed by atoms with Gasteiger partial charge in [-0.05, 0) is 24.5 Å². The van der Waals surface area contributed by atoms with Gasteiger partial charge in [0.15, 0.2) is 0 Å². The highest BCUT2D eigenvalue weighted by molar-refractivity contribution is 7.89. The predicted molar refractivity (Wildman–Crippen MR) is 87.2 cm³/mol. The second-order valence-corrected chi connectivity index (χ2v) is 7.69. The van der Waals surface area contributed by atoms with Gasteiger partial charge in [0.2, 0.25) is 10.0 Å². The van der Waals surface area contributed by atoms with E-state index in [4.69, 9.17) is 16.3 Å². The highest BCUT2D eigenvalue weighted by Crippen LogP contribution is 2.26. The Morgan fingerprint density at radius 3 is 3.09 bits per heavy atom. The fourth-order valence-electron chi connectivity index (χ4n) is 2.71. The normalized spacial score (nSPS) is 17.7. The van der Waals surface area contributed by atoms with E-state index in [9.17, 15) is 8.42 Å². The van der Waals surface area contributed by atoms with Crippen LogP contribution in [0.4, 0.5) is 0 Å². The topological polar surface area (TPSA) is 73.2 Å². The number of benzene rings is 1. The lowest BCUT2D eigenvalue weighted by Crippen LogP contribution is -2.33. The Kier molecular flexibility index (Phi) is 4.61. The number of sulfonamides is 1. The van der Waals surface area contributed by atoms with E-state index in [1.54, 1.807) is 12.3 Å². The molecule has 3 rings (SSSR count). The lowest BCUT2D eigenvalue weighted by molar-refractivity contribution is 0.379. The number of hydrogen-bond donors (Lipinski definition) is 1. The first-order valence-electron chi connectivity index (χ1n) is 7.33. The van der Waals surface area contributed by atoms with E-state index in [0.717, 1.165) is 25.2 Å². The van der Waals surface area contributed by atoms with Crippen molar-refractivity contribution in [2.75, 3.05) is 13.7 Å². The number of methoxy groups -OCH3 is 1. The second-order valence-electron chi connectivity index (χ2n) is 5.54. The molecule has 0 saturated heterocycles. The summed E-state index contributed by atoms with van der Waals surface area (Å²) in [6, 6.07) is 4.58. The number of nitrogens with one attached hydrogen (secondary N) is 1. The molecule has 6 nitrogen and oxygen atoms in total. The summed E-state index contributed by atoms with van der Waals surface area (Å²) in [7, 11) is -2.19. The van der Waals surface area contributed by atoms with Crippen molar-refractivity contribution < 1.29 is 13.2 Å². The minimum atomic E-state index is -3.68. The molecule has 0 fully saturated rings. The van der Waals surface area contributed by atoms with Gasteiger partial charge >= 0.3 is 0 Å². The average Bonchev–Trinajstić information content (AvgIpc) is 3.01. The molecular formula is C15H18ClN3O3S. The Balaban J connectivity index is 1.70. The van der Waals surface area contributed by atoms with Crippen LogP contribution in [0.2, 0.25) is 5.02 Å². The zero-order valence-electron chi connectivity index (χ0n) is 12.7. The molecule has 1 atom stereocenters. The van der Waals surface area contributed by atoms with E-state index in [2.05, 4.69) is 14.3 Å². The van der Waals surface area contributed by atoms with Gasteiger partial charge < -0.3 is 9.30 Å². The van der Waals surface area contributed by atoms with Crippen molar-refractivity contribution in [3.05, 3.63) is 41.4 Å². The molecule has 1 aromatic heterocycles. The maximum absolute atomic E-state index is 12.5. The molecule has 2 aromatic rings. The summed E-state index contributed by atoms with van der Waals surface area (Å²) in [5.74, 6) is 1.68. The van der Waals surface area contributed by atoms with Crippen molar-refractivity contribution >= 4 is 21.6 Å². The third-order valence-electron chi connectivity index (χ3n) is 4.04. The second kappa shape index (κ2) is 6.51. The van der Waals surface area contributed by atoms with Crippen LogP contribution in [0.25, 0.3) is 0 Å². The van der Waals surface area contributed by atoms with E-state index in [1.807, 2.05) is 6.20 Å². The average molecular weight is 356 g/mol. The van der Waals surface area contributed by atoms with Crippen LogP contribution in [0, 0.1) is 5.92 Å². The Morgan fingerprint density at radius 1 is 1.48 bits per heavy atom. The van der Waals surface area contributed by atoms with Gasteiger partial charge in [-0.2, -0.15) is 0 Å². The van der Waals surface area contributed by atoms with E-state index in [1.165, 1.54) is 19.2 Å². The molecule has 0 saturated carbocycles. The summed E-state index contributed by atoms with van der Waals surface area (Å²) in [5, 5.41) is 0.178. The number of nitrogens with zero attached hydrogens (tertiary/aromatic N) is 2. The lowest BCUT2D eigenvalue weighted by Gasteiger charge is -2.23. The Morgan fingerprint density at radius 2 is 2.30 bits per heavy atom. The van der Waals surface area contributed by atoms with E-state index in [-0.39, 0.29) is 15.8 Å². The van der Waals surface area contributed by atoms with E-state index < -0.39 is 10.0 Å². The molecule has 0 amide bonds. The molecule has 124 valence electrons. The number of rotatable bonds is 5. The molecule has 0 radical (unpaired) electrons. The third-order valence-corrected chi connectivity index (χ3v) is 5.95. The Labute approximate surface area is 140 Å². The molecule has 1 aromatic carbocycles. The number of halogens is 1. The van der Waals surface area contributed by atoms with Crippen LogP contribution in [-0.2, 0) is 23.0 Å². The van der Waals surface area contributed by atoms with Crippen molar-refractivity contribution in [1.29, 1.82) is 0 Å². The number of imidazole rings is 1. The van der Waals surface area contributed by atoms with E-state index in [0.29, 0.717) is 12.3 Å². The monoisotopic (exact) mass is 355 g/mol. The van der Waals surface area contributed by atoms with Crippen LogP contribution < -0.4 is 9.46 Å². The Bertz CT molecular complexity index is 804. The van der Waals surface area contributed by atoms with Crippen LogP contribution in [0.15, 0.2) is 35.5 Å². The largest absolute Gasteiger partial charge is 0.497 e. The van der Waals surface area contributed by atoms with Crippen molar-refractivity contribution in [2.24, 2.45) is 5.92 Å². The van der Waals surface area contributed by atoms with Crippen molar-refractivity contribution in [3.63, 3.8) is 0 Å². The molecule has 0 spiro atoms. The van der Waals surface area contributed by atoms with Crippen LogP contribution in [0.3, 0.4) is 0 Å². The minimum absolute atomic E-state index is 0.0378. The minimum Gasteiger partial charge on any atom is -0.497 e. The molecule has 2 heterocycles. The van der Waals surface area contributed by atoms with Gasteiger partial charge in [0.25, 0.3) is 0 Å². The summed E-state index contributed by atoms with van der Waals surface area (Å²) < 4.78 is 34.8. The molecule has 0 aliphatic carbocycles. The zero-order chi connectivity index (χ0) is 16.4. The quantitative estimate of drug-likeness (QED) is 0.891. The summed E-state index contributed by atoms with van der Waals surface area (Å²) in [6.45, 7) is 1.23. The molecule has 23 heavy (non-hydrogen) atoms. The first kappa shape index (κ1) is 16.3. The molecule has 1 N–H and O–H groups in total. The maximum atomic E-state index is 12.5. The van der Waals surface area contributed by atoms with Crippen LogP contribution in [0.1, 0.15) is 12.2 Å². The number of aromatic nitrogens is 2. The van der Waals surface area contributed by atoms with Gasteiger partial charge in [-0.3, -0.25) is 0 Å². The fourth-order valence-corrected chi connectivity index (χ4v) is 4.34. The molecular weight excluding hydrogens is 338 g/mol. The highest BCUT2D eigenvalue weighted by atomic mass is 35.5. The first-order valence-corrected chi connectivity index (χ1v) is 9.19. The van der Waals surface area contributed by atoms with Crippen molar-refractivity contribution in [3.8, 4) is 5.75 Å². The highest BCUT2D eigenvalue weighted by Gasteiger charge is 2.23. The van der Waals surface area contributed by atoms with Gasteiger partial charge in [0, 0.05) is 38.0 Å². The van der Waals surface area contributed by atoms with Gasteiger partial charge in [-0.15, -0.1) is 0 Å². The van der Waals surface area contributed by atoms with Gasteiger partial charge in [0.05, 0.1) is 12.1 Å². The molecule has 1 aliphatic rings. The SMILES string of the molecule is COc1ccc(Cl)c(S(=O)(=O)NC[C@H]2CCn3ccnc3C2)c1. The van der Waals surface area contributed by atoms with Crippen LogP contribution in [-0.4, -0.2) is 31.6 Å². The van der Waals surface area contributed by atoms with Gasteiger partial charge in [-0.25, -0.2) is 18.1 Å². The summed E-state index contributed by atoms with van der Waals surface area (Å²) in [4.78, 5) is 4.33. The summed E-state index contributed by atoms with van der Waals surface area (Å²) >= 11 is 6.02. The van der Waals surface area contributed by atoms with Crippen LogP contribution in [0.5, 0.6) is 5.75 Å². The maximum Gasteiger partial charge on any atom is 0.242 e. The number of aryl methyl sites for hydroxylation is 1. The third kappa shape index (κ3) is 3.52. The predicted octanol–water partition coefficient (Wildman–Crippen LogP) is 2.09. The molecule has 0 unspecified atom stereocenters. The first-order chi connectivity index (χ1) is 11.0. The molecule has 0 bridgehead atoms. The van der Waals surface area contributed by atoms with Crippen molar-refractivity contribution in [2.45, 2.75) is 24.3 Å². The van der Waals surface area contributed by atoms with E-state index >= 15 is 0 Å². The van der Waals surface area contributed by atoms with Gasteiger partial charge in [0.1, 0.15) is 16.5 Å². The van der Waals surface area contributed by atoms with Gasteiger partial charge in [-0.1, -0.05) is 11.6 Å². The fraction of sp³-hybridized carbons (Fsp3) is 0.400. The lowest BCUT2D eigenvalue weighted by atomic mass is 9.98. The number of fused-ring (bicyclic) bond motifs is 1. The smallest absolute Gasteiger partial charge is 0.242 e. The zero-order valence-corrected chi connectivity index (χ0v) is 14.3. The molecule has 8 heteroatoms. The Hall–Kier alpha value is -1.57. The summed E-state index contributed by atoms with van der Waals surface area (Å²) in [6.07, 6.45) is 5.41. The standard InChI is InChI=1S/C15H18ClN3O3S/c1-22-12-2-3-13(16)14(9-12)23(20,21)18-10-11-4-6-19-7-5-17-15(19)8-11/h2-3,5,7,9,11,18H,4,6,8,10H2,1H3/t11-/m0/s1. The van der Waals surface area contributed by atoms with Crippen molar-refractivity contribution in [1.82, 2.24) is 14.3 Å². The number of hydrogen-bond acceptors (Lipinski definition) is 4. The molecule has 1 aliphatic heterocycles. The van der Waals surface area contributed by atoms with Crippen LogP contribution >= 0.6 is 11.6 Å². The number of ether oxygens (including phenoxy) is 1. The summed E-state index contributed by atoms with van der Waals surface area (Å²) in [5.41, 5.74) is 0.